The van der Waals surface area contributed by atoms with Crippen LogP contribution in [-0.4, -0.2) is 19.2 Å². The molecule has 8 heteroatoms. The second-order valence-electron chi connectivity index (χ2n) is 5.11. The maximum atomic E-state index is 13.3. The number of aryl methyl sites for hydroxylation is 1. The van der Waals surface area contributed by atoms with E-state index in [1.165, 1.54) is 30.4 Å². The number of fused-ring (bicyclic) bond motifs is 1. The van der Waals surface area contributed by atoms with E-state index in [0.717, 1.165) is 26.4 Å². The molecule has 0 bridgehead atoms. The maximum Gasteiger partial charge on any atom is 0.261 e. The van der Waals surface area contributed by atoms with Crippen molar-refractivity contribution in [1.29, 1.82) is 0 Å². The molecule has 0 atom stereocenters. The van der Waals surface area contributed by atoms with Crippen molar-refractivity contribution in [2.75, 3.05) is 10.5 Å². The standard InChI is InChI=1S/C16H15FN2O2S3/c1-3-22-16-18-14-7-4-11(9-15(14)23-16)19-24(20,21)12-5-6-13(17)10(2)8-12/h4-9,19H,3H2,1-2H3. The van der Waals surface area contributed by atoms with Gasteiger partial charge in [0.25, 0.3) is 10.0 Å². The molecule has 0 aliphatic heterocycles. The van der Waals surface area contributed by atoms with Gasteiger partial charge in [-0.05, 0) is 54.6 Å². The summed E-state index contributed by atoms with van der Waals surface area (Å²) in [5.41, 5.74) is 1.59. The van der Waals surface area contributed by atoms with Gasteiger partial charge in [-0.1, -0.05) is 18.7 Å². The summed E-state index contributed by atoms with van der Waals surface area (Å²) in [6, 6.07) is 8.96. The average molecular weight is 383 g/mol. The number of rotatable bonds is 5. The minimum Gasteiger partial charge on any atom is -0.280 e. The molecule has 2 aromatic carbocycles. The fourth-order valence-electron chi connectivity index (χ4n) is 2.15. The summed E-state index contributed by atoms with van der Waals surface area (Å²) in [7, 11) is -3.76. The van der Waals surface area contributed by atoms with Crippen molar-refractivity contribution in [3.05, 3.63) is 47.8 Å². The van der Waals surface area contributed by atoms with E-state index in [1.54, 1.807) is 30.0 Å². The number of aromatic nitrogens is 1. The molecule has 24 heavy (non-hydrogen) atoms. The Bertz CT molecular complexity index is 1000. The summed E-state index contributed by atoms with van der Waals surface area (Å²) in [4.78, 5) is 4.52. The van der Waals surface area contributed by atoms with Gasteiger partial charge in [0.2, 0.25) is 0 Å². The van der Waals surface area contributed by atoms with Crippen LogP contribution in [0.2, 0.25) is 0 Å². The van der Waals surface area contributed by atoms with Gasteiger partial charge in [0.15, 0.2) is 4.34 Å². The van der Waals surface area contributed by atoms with Crippen molar-refractivity contribution in [2.24, 2.45) is 0 Å². The quantitative estimate of drug-likeness (QED) is 0.652. The highest BCUT2D eigenvalue weighted by Crippen LogP contribution is 2.31. The Morgan fingerprint density at radius 2 is 2.04 bits per heavy atom. The lowest BCUT2D eigenvalue weighted by Gasteiger charge is -2.09. The fraction of sp³-hybridized carbons (Fsp3) is 0.188. The summed E-state index contributed by atoms with van der Waals surface area (Å²) in [6.45, 7) is 3.59. The Kier molecular flexibility index (Phi) is 4.80. The van der Waals surface area contributed by atoms with Crippen molar-refractivity contribution in [1.82, 2.24) is 4.98 Å². The van der Waals surface area contributed by atoms with E-state index >= 15 is 0 Å². The van der Waals surface area contributed by atoms with Crippen LogP contribution in [0.1, 0.15) is 12.5 Å². The van der Waals surface area contributed by atoms with Crippen LogP contribution >= 0.6 is 23.1 Å². The smallest absolute Gasteiger partial charge is 0.261 e. The van der Waals surface area contributed by atoms with Crippen molar-refractivity contribution < 1.29 is 12.8 Å². The molecule has 0 aliphatic carbocycles. The second kappa shape index (κ2) is 6.70. The van der Waals surface area contributed by atoms with E-state index < -0.39 is 15.8 Å². The summed E-state index contributed by atoms with van der Waals surface area (Å²) in [5.74, 6) is 0.504. The van der Waals surface area contributed by atoms with Crippen LogP contribution in [0.15, 0.2) is 45.6 Å². The molecular weight excluding hydrogens is 367 g/mol. The van der Waals surface area contributed by atoms with Crippen LogP contribution in [0.4, 0.5) is 10.1 Å². The van der Waals surface area contributed by atoms with Gasteiger partial charge in [0.05, 0.1) is 20.8 Å². The molecule has 0 unspecified atom stereocenters. The highest BCUT2D eigenvalue weighted by molar-refractivity contribution is 8.01. The van der Waals surface area contributed by atoms with E-state index in [0.29, 0.717) is 5.69 Å². The van der Waals surface area contributed by atoms with E-state index in [2.05, 4.69) is 16.6 Å². The van der Waals surface area contributed by atoms with Gasteiger partial charge >= 0.3 is 0 Å². The first kappa shape index (κ1) is 17.2. The van der Waals surface area contributed by atoms with Crippen LogP contribution in [0.25, 0.3) is 10.2 Å². The molecule has 3 aromatic rings. The molecule has 0 amide bonds. The lowest BCUT2D eigenvalue weighted by Crippen LogP contribution is -2.13. The van der Waals surface area contributed by atoms with Gasteiger partial charge in [-0.25, -0.2) is 17.8 Å². The Morgan fingerprint density at radius 1 is 1.25 bits per heavy atom. The Morgan fingerprint density at radius 3 is 2.75 bits per heavy atom. The molecular formula is C16H15FN2O2S3. The van der Waals surface area contributed by atoms with Gasteiger partial charge < -0.3 is 0 Å². The number of halogens is 1. The second-order valence-corrected chi connectivity index (χ2v) is 9.34. The number of thiazole rings is 1. The van der Waals surface area contributed by atoms with E-state index in [4.69, 9.17) is 0 Å². The first-order valence-electron chi connectivity index (χ1n) is 7.21. The van der Waals surface area contributed by atoms with Gasteiger partial charge in [-0.2, -0.15) is 0 Å². The number of hydrogen-bond acceptors (Lipinski definition) is 5. The normalized spacial score (nSPS) is 11.8. The number of nitrogens with one attached hydrogen (secondary N) is 1. The Balaban J connectivity index is 1.91. The van der Waals surface area contributed by atoms with Gasteiger partial charge in [-0.3, -0.25) is 4.72 Å². The van der Waals surface area contributed by atoms with Crippen molar-refractivity contribution >= 4 is 49.0 Å². The molecule has 0 saturated carbocycles. The molecule has 0 spiro atoms. The third-order valence-electron chi connectivity index (χ3n) is 3.33. The monoisotopic (exact) mass is 382 g/mol. The average Bonchev–Trinajstić information content (AvgIpc) is 2.91. The van der Waals surface area contributed by atoms with Gasteiger partial charge in [0.1, 0.15) is 5.82 Å². The van der Waals surface area contributed by atoms with Crippen molar-refractivity contribution in [3.8, 4) is 0 Å². The van der Waals surface area contributed by atoms with E-state index in [-0.39, 0.29) is 10.5 Å². The third kappa shape index (κ3) is 3.55. The molecule has 1 aromatic heterocycles. The zero-order valence-electron chi connectivity index (χ0n) is 13.0. The zero-order valence-corrected chi connectivity index (χ0v) is 15.5. The number of anilines is 1. The highest BCUT2D eigenvalue weighted by atomic mass is 32.2. The molecule has 126 valence electrons. The Hall–Kier alpha value is -1.64. The minimum atomic E-state index is -3.76. The molecule has 1 N–H and O–H groups in total. The molecule has 0 fully saturated rings. The summed E-state index contributed by atoms with van der Waals surface area (Å²) < 4.78 is 42.7. The predicted octanol–water partition coefficient (Wildman–Crippen LogP) is 4.66. The van der Waals surface area contributed by atoms with E-state index in [9.17, 15) is 12.8 Å². The van der Waals surface area contributed by atoms with Crippen LogP contribution in [0, 0.1) is 12.7 Å². The van der Waals surface area contributed by atoms with Crippen LogP contribution in [-0.2, 0) is 10.0 Å². The zero-order chi connectivity index (χ0) is 17.3. The van der Waals surface area contributed by atoms with Gasteiger partial charge in [-0.15, -0.1) is 11.3 Å². The summed E-state index contributed by atoms with van der Waals surface area (Å²) >= 11 is 3.18. The largest absolute Gasteiger partial charge is 0.280 e. The SMILES string of the molecule is CCSc1nc2ccc(NS(=O)(=O)c3ccc(F)c(C)c3)cc2s1. The third-order valence-corrected chi connectivity index (χ3v) is 6.75. The summed E-state index contributed by atoms with van der Waals surface area (Å²) in [6.07, 6.45) is 0. The number of benzene rings is 2. The van der Waals surface area contributed by atoms with Crippen LogP contribution in [0.5, 0.6) is 0 Å². The first-order chi connectivity index (χ1) is 11.4. The number of sulfonamides is 1. The predicted molar refractivity (Wildman–Crippen MR) is 98.0 cm³/mol. The van der Waals surface area contributed by atoms with E-state index in [1.807, 2.05) is 0 Å². The van der Waals surface area contributed by atoms with Crippen molar-refractivity contribution in [2.45, 2.75) is 23.1 Å². The lowest BCUT2D eigenvalue weighted by atomic mass is 10.2. The number of hydrogen-bond donors (Lipinski definition) is 1. The molecule has 4 nitrogen and oxygen atoms in total. The topological polar surface area (TPSA) is 59.1 Å². The molecule has 1 heterocycles. The van der Waals surface area contributed by atoms with Crippen LogP contribution < -0.4 is 4.72 Å². The van der Waals surface area contributed by atoms with Crippen molar-refractivity contribution in [3.63, 3.8) is 0 Å². The number of thioether (sulfide) groups is 1. The summed E-state index contributed by atoms with van der Waals surface area (Å²) in [5, 5.41) is 0. The lowest BCUT2D eigenvalue weighted by molar-refractivity contribution is 0.598. The molecule has 3 rings (SSSR count). The Labute approximate surface area is 148 Å². The fourth-order valence-corrected chi connectivity index (χ4v) is 5.29. The van der Waals surface area contributed by atoms with Gasteiger partial charge in [0, 0.05) is 0 Å². The highest BCUT2D eigenvalue weighted by Gasteiger charge is 2.16. The molecule has 0 saturated heterocycles. The first-order valence-corrected chi connectivity index (χ1v) is 10.5. The van der Waals surface area contributed by atoms with Crippen LogP contribution in [0.3, 0.4) is 0 Å². The maximum absolute atomic E-state index is 13.3. The molecule has 0 aliphatic rings. The minimum absolute atomic E-state index is 0.0352. The molecule has 0 radical (unpaired) electrons. The number of nitrogens with zero attached hydrogens (tertiary/aromatic N) is 1.